The van der Waals surface area contributed by atoms with Gasteiger partial charge >= 0.3 is 5.97 Å². The van der Waals surface area contributed by atoms with Crippen molar-refractivity contribution >= 4 is 5.97 Å². The molecule has 0 aromatic rings. The first-order valence-electron chi connectivity index (χ1n) is 7.50. The molecule has 0 N–H and O–H groups in total. The molecule has 1 heterocycles. The van der Waals surface area contributed by atoms with Gasteiger partial charge in [0.15, 0.2) is 0 Å². The lowest BCUT2D eigenvalue weighted by molar-refractivity contribution is -0.164. The summed E-state index contributed by atoms with van der Waals surface area (Å²) in [7, 11) is 0. The fraction of sp³-hybridized carbons (Fsp3) is 0.938. The van der Waals surface area contributed by atoms with Crippen LogP contribution < -0.4 is 0 Å². The van der Waals surface area contributed by atoms with E-state index in [1.807, 2.05) is 0 Å². The summed E-state index contributed by atoms with van der Waals surface area (Å²) in [5, 5.41) is 0. The summed E-state index contributed by atoms with van der Waals surface area (Å²) in [4.78, 5) is 11.8. The maximum atomic E-state index is 11.8. The lowest BCUT2D eigenvalue weighted by Crippen LogP contribution is -2.55. The third kappa shape index (κ3) is 1.50. The van der Waals surface area contributed by atoms with Gasteiger partial charge in [0.2, 0.25) is 0 Å². The summed E-state index contributed by atoms with van der Waals surface area (Å²) in [5.74, 6) is 1.23. The van der Waals surface area contributed by atoms with Gasteiger partial charge in [0.05, 0.1) is 6.42 Å². The molecule has 0 aromatic heterocycles. The number of carbonyl (C=O) groups excluding carboxylic acids is 1. The lowest BCUT2D eigenvalue weighted by atomic mass is 9.45. The lowest BCUT2D eigenvalue weighted by Gasteiger charge is -2.59. The van der Waals surface area contributed by atoms with Crippen molar-refractivity contribution in [3.8, 4) is 0 Å². The van der Waals surface area contributed by atoms with Crippen LogP contribution in [0.25, 0.3) is 0 Å². The molecule has 4 atom stereocenters. The molecule has 2 heteroatoms. The van der Waals surface area contributed by atoms with E-state index in [0.717, 1.165) is 12.3 Å². The highest BCUT2D eigenvalue weighted by Crippen LogP contribution is 2.64. The van der Waals surface area contributed by atoms with E-state index in [9.17, 15) is 4.79 Å². The van der Waals surface area contributed by atoms with Crippen LogP contribution in [0.2, 0.25) is 0 Å². The van der Waals surface area contributed by atoms with E-state index in [-0.39, 0.29) is 11.6 Å². The average Bonchev–Trinajstić information content (AvgIpc) is 2.53. The van der Waals surface area contributed by atoms with Gasteiger partial charge in [-0.1, -0.05) is 27.2 Å². The molecule has 3 rings (SSSR count). The third-order valence-electron chi connectivity index (χ3n) is 6.46. The van der Waals surface area contributed by atoms with Crippen molar-refractivity contribution in [3.05, 3.63) is 0 Å². The Kier molecular flexibility index (Phi) is 2.44. The molecule has 3 unspecified atom stereocenters. The molecule has 3 fully saturated rings. The maximum Gasteiger partial charge on any atom is 0.306 e. The summed E-state index contributed by atoms with van der Waals surface area (Å²) in [6.45, 7) is 9.46. The molecule has 18 heavy (non-hydrogen) atoms. The second-order valence-electron chi connectivity index (χ2n) is 7.98. The first-order valence-corrected chi connectivity index (χ1v) is 7.50. The van der Waals surface area contributed by atoms with E-state index in [1.165, 1.54) is 25.7 Å². The summed E-state index contributed by atoms with van der Waals surface area (Å²) in [5.41, 5.74) is 0.566. The first-order chi connectivity index (χ1) is 8.28. The summed E-state index contributed by atoms with van der Waals surface area (Å²) >= 11 is 0. The van der Waals surface area contributed by atoms with Gasteiger partial charge in [-0.3, -0.25) is 4.79 Å². The van der Waals surface area contributed by atoms with Crippen LogP contribution in [0.4, 0.5) is 0 Å². The summed E-state index contributed by atoms with van der Waals surface area (Å²) < 4.78 is 5.70. The number of fused-ring (bicyclic) bond motifs is 3. The number of hydrogen-bond donors (Lipinski definition) is 0. The van der Waals surface area contributed by atoms with Crippen LogP contribution in [0.15, 0.2) is 0 Å². The Morgan fingerprint density at radius 1 is 1.06 bits per heavy atom. The van der Waals surface area contributed by atoms with E-state index in [1.54, 1.807) is 0 Å². The monoisotopic (exact) mass is 250 g/mol. The van der Waals surface area contributed by atoms with E-state index in [0.29, 0.717) is 23.2 Å². The molecule has 102 valence electrons. The van der Waals surface area contributed by atoms with Crippen molar-refractivity contribution in [3.63, 3.8) is 0 Å². The van der Waals surface area contributed by atoms with Gasteiger partial charge < -0.3 is 4.74 Å². The molecule has 0 spiro atoms. The predicted molar refractivity (Wildman–Crippen MR) is 71.1 cm³/mol. The van der Waals surface area contributed by atoms with E-state index in [4.69, 9.17) is 4.74 Å². The molecule has 3 aliphatic rings. The van der Waals surface area contributed by atoms with E-state index in [2.05, 4.69) is 27.7 Å². The van der Waals surface area contributed by atoms with Crippen LogP contribution in [-0.2, 0) is 9.53 Å². The van der Waals surface area contributed by atoms with Gasteiger partial charge in [-0.05, 0) is 49.4 Å². The molecule has 2 nitrogen and oxygen atoms in total. The Bertz CT molecular complexity index is 387. The highest BCUT2D eigenvalue weighted by molar-refractivity contribution is 5.73. The number of ether oxygens (including phenoxy) is 1. The predicted octanol–water partition coefficient (Wildman–Crippen LogP) is 3.93. The Balaban J connectivity index is 2.00. The van der Waals surface area contributed by atoms with Gasteiger partial charge in [0, 0.05) is 5.92 Å². The molecule has 2 aliphatic carbocycles. The Labute approximate surface area is 110 Å². The number of hydrogen-bond acceptors (Lipinski definition) is 2. The largest absolute Gasteiger partial charge is 0.459 e. The van der Waals surface area contributed by atoms with Gasteiger partial charge in [0.25, 0.3) is 0 Å². The topological polar surface area (TPSA) is 26.3 Å². The summed E-state index contributed by atoms with van der Waals surface area (Å²) in [6.07, 6.45) is 6.86. The molecule has 1 aliphatic heterocycles. The minimum absolute atomic E-state index is 0.0350. The van der Waals surface area contributed by atoms with Gasteiger partial charge in [0.1, 0.15) is 5.60 Å². The first kappa shape index (κ1) is 12.5. The zero-order chi connectivity index (χ0) is 13.2. The summed E-state index contributed by atoms with van der Waals surface area (Å²) in [6, 6.07) is 0. The molecule has 0 bridgehead atoms. The van der Waals surface area contributed by atoms with Crippen LogP contribution in [0.3, 0.4) is 0 Å². The highest BCUT2D eigenvalue weighted by atomic mass is 16.6. The molecule has 0 amide bonds. The van der Waals surface area contributed by atoms with Gasteiger partial charge in [-0.15, -0.1) is 0 Å². The normalized spacial score (nSPS) is 50.3. The van der Waals surface area contributed by atoms with E-state index >= 15 is 0 Å². The average molecular weight is 250 g/mol. The quantitative estimate of drug-likeness (QED) is 0.609. The Morgan fingerprint density at radius 2 is 1.78 bits per heavy atom. The zero-order valence-corrected chi connectivity index (χ0v) is 12.2. The zero-order valence-electron chi connectivity index (χ0n) is 12.2. The Hall–Kier alpha value is -0.530. The second kappa shape index (κ2) is 3.52. The molecular weight excluding hydrogens is 224 g/mol. The van der Waals surface area contributed by atoms with Crippen LogP contribution >= 0.6 is 0 Å². The standard InChI is InChI=1S/C16H26O2/c1-14(2)7-5-8-15(3)11(14)6-9-16(4)12(15)10-13(17)18-16/h11-12H,5-10H2,1-4H3/t11?,12?,15-,16?/m0/s1. The van der Waals surface area contributed by atoms with Crippen molar-refractivity contribution in [1.29, 1.82) is 0 Å². The van der Waals surface area contributed by atoms with Gasteiger partial charge in [-0.2, -0.15) is 0 Å². The molecule has 0 radical (unpaired) electrons. The highest BCUT2D eigenvalue weighted by Gasteiger charge is 2.62. The van der Waals surface area contributed by atoms with Crippen LogP contribution in [0, 0.1) is 22.7 Å². The Morgan fingerprint density at radius 3 is 2.50 bits per heavy atom. The van der Waals surface area contributed by atoms with Crippen molar-refractivity contribution in [2.75, 3.05) is 0 Å². The molecule has 2 saturated carbocycles. The van der Waals surface area contributed by atoms with Crippen molar-refractivity contribution < 1.29 is 9.53 Å². The fourth-order valence-corrected chi connectivity index (χ4v) is 5.65. The second-order valence-corrected chi connectivity index (χ2v) is 7.98. The molecular formula is C16H26O2. The van der Waals surface area contributed by atoms with Crippen molar-refractivity contribution in [2.45, 2.75) is 71.8 Å². The van der Waals surface area contributed by atoms with E-state index < -0.39 is 0 Å². The fourth-order valence-electron chi connectivity index (χ4n) is 5.65. The van der Waals surface area contributed by atoms with Crippen molar-refractivity contribution in [1.82, 2.24) is 0 Å². The maximum absolute atomic E-state index is 11.8. The van der Waals surface area contributed by atoms with Gasteiger partial charge in [-0.25, -0.2) is 0 Å². The minimum Gasteiger partial charge on any atom is -0.459 e. The molecule has 1 saturated heterocycles. The van der Waals surface area contributed by atoms with Crippen LogP contribution in [0.5, 0.6) is 0 Å². The SMILES string of the molecule is CC1(C)CCC[C@@]2(C)C1CCC1(C)OC(=O)CC12. The smallest absolute Gasteiger partial charge is 0.306 e. The number of rotatable bonds is 0. The minimum atomic E-state index is -0.171. The third-order valence-corrected chi connectivity index (χ3v) is 6.46. The van der Waals surface area contributed by atoms with Crippen LogP contribution in [-0.4, -0.2) is 11.6 Å². The van der Waals surface area contributed by atoms with Crippen LogP contribution in [0.1, 0.15) is 66.2 Å². The van der Waals surface area contributed by atoms with Crippen molar-refractivity contribution in [2.24, 2.45) is 22.7 Å². The number of carbonyl (C=O) groups is 1. The number of esters is 1. The molecule has 0 aromatic carbocycles.